The van der Waals surface area contributed by atoms with Crippen LogP contribution in [0.5, 0.6) is 0 Å². The molecule has 10 heteroatoms. The predicted octanol–water partition coefficient (Wildman–Crippen LogP) is 1.25. The first-order valence-corrected chi connectivity index (χ1v) is 10.7. The zero-order valence-corrected chi connectivity index (χ0v) is 16.9. The number of rotatable bonds is 9. The van der Waals surface area contributed by atoms with Crippen molar-refractivity contribution in [3.05, 3.63) is 29.8 Å². The van der Waals surface area contributed by atoms with Gasteiger partial charge in [-0.1, -0.05) is 0 Å². The molecule has 7 nitrogen and oxygen atoms in total. The second-order valence-electron chi connectivity index (χ2n) is 6.94. The summed E-state index contributed by atoms with van der Waals surface area (Å²) in [4.78, 5) is 13.7. The van der Waals surface area contributed by atoms with Gasteiger partial charge in [0, 0.05) is 39.1 Å². The van der Waals surface area contributed by atoms with Crippen molar-refractivity contribution < 1.29 is 26.7 Å². The molecule has 1 saturated heterocycles. The van der Waals surface area contributed by atoms with E-state index in [1.54, 1.807) is 0 Å². The first-order valence-electron chi connectivity index (χ1n) is 9.26. The van der Waals surface area contributed by atoms with Gasteiger partial charge in [-0.25, -0.2) is 21.9 Å². The summed E-state index contributed by atoms with van der Waals surface area (Å²) < 4.78 is 58.0. The second-order valence-corrected chi connectivity index (χ2v) is 8.71. The highest BCUT2D eigenvalue weighted by atomic mass is 32.2. The average Bonchev–Trinajstić information content (AvgIpc) is 2.60. The Morgan fingerprint density at radius 3 is 2.50 bits per heavy atom. The summed E-state index contributed by atoms with van der Waals surface area (Å²) in [6.07, 6.45) is 1.13. The molecule has 0 aromatic heterocycles. The Labute approximate surface area is 164 Å². The average molecular weight is 419 g/mol. The number of sulfonamides is 1. The van der Waals surface area contributed by atoms with Crippen molar-refractivity contribution in [2.75, 3.05) is 32.7 Å². The first-order chi connectivity index (χ1) is 13.2. The Balaban J connectivity index is 1.65. The number of morpholine rings is 1. The van der Waals surface area contributed by atoms with Crippen molar-refractivity contribution in [3.8, 4) is 0 Å². The molecule has 2 rings (SSSR count). The summed E-state index contributed by atoms with van der Waals surface area (Å²) in [5, 5.41) is 2.75. The SMILES string of the molecule is CC1CN(CCCNC(=O)CCNS(=O)(=O)c2ccc(F)c(F)c2)CC(C)O1. The van der Waals surface area contributed by atoms with Gasteiger partial charge in [-0.2, -0.15) is 0 Å². The summed E-state index contributed by atoms with van der Waals surface area (Å²) in [6.45, 7) is 7.01. The number of hydrogen-bond acceptors (Lipinski definition) is 5. The minimum absolute atomic E-state index is 0.0471. The smallest absolute Gasteiger partial charge is 0.240 e. The van der Waals surface area contributed by atoms with Gasteiger partial charge in [0.1, 0.15) is 0 Å². The molecule has 1 amide bonds. The van der Waals surface area contributed by atoms with E-state index in [1.165, 1.54) is 0 Å². The lowest BCUT2D eigenvalue weighted by Gasteiger charge is -2.35. The van der Waals surface area contributed by atoms with Crippen LogP contribution in [0.15, 0.2) is 23.1 Å². The lowest BCUT2D eigenvalue weighted by Crippen LogP contribution is -2.46. The van der Waals surface area contributed by atoms with E-state index in [2.05, 4.69) is 14.9 Å². The topological polar surface area (TPSA) is 87.7 Å². The third-order valence-electron chi connectivity index (χ3n) is 4.31. The highest BCUT2D eigenvalue weighted by Crippen LogP contribution is 2.13. The molecule has 1 aromatic carbocycles. The summed E-state index contributed by atoms with van der Waals surface area (Å²) in [7, 11) is -4.00. The number of carbonyl (C=O) groups excluding carboxylic acids is 1. The Kier molecular flexibility index (Phi) is 8.29. The van der Waals surface area contributed by atoms with Crippen LogP contribution < -0.4 is 10.0 Å². The van der Waals surface area contributed by atoms with Gasteiger partial charge in [-0.05, 0) is 38.5 Å². The third-order valence-corrected chi connectivity index (χ3v) is 5.77. The van der Waals surface area contributed by atoms with Gasteiger partial charge >= 0.3 is 0 Å². The fourth-order valence-electron chi connectivity index (χ4n) is 3.11. The molecular formula is C18H27F2N3O4S. The largest absolute Gasteiger partial charge is 0.373 e. The molecule has 2 atom stereocenters. The summed E-state index contributed by atoms with van der Waals surface area (Å²) in [6, 6.07) is 2.31. The highest BCUT2D eigenvalue weighted by molar-refractivity contribution is 7.89. The van der Waals surface area contributed by atoms with E-state index in [-0.39, 0.29) is 36.0 Å². The normalized spacial score (nSPS) is 20.9. The van der Waals surface area contributed by atoms with Crippen molar-refractivity contribution in [1.29, 1.82) is 0 Å². The maximum atomic E-state index is 13.2. The molecule has 0 saturated carbocycles. The number of carbonyl (C=O) groups is 1. The maximum absolute atomic E-state index is 13.2. The molecule has 0 bridgehead atoms. The Morgan fingerprint density at radius 2 is 1.86 bits per heavy atom. The molecular weight excluding hydrogens is 392 g/mol. The van der Waals surface area contributed by atoms with Gasteiger partial charge in [0.05, 0.1) is 17.1 Å². The molecule has 1 fully saturated rings. The van der Waals surface area contributed by atoms with E-state index in [0.717, 1.165) is 38.2 Å². The van der Waals surface area contributed by atoms with Crippen LogP contribution in [0.3, 0.4) is 0 Å². The predicted molar refractivity (Wildman–Crippen MR) is 100 cm³/mol. The Hall–Kier alpha value is -1.62. The number of halogens is 2. The van der Waals surface area contributed by atoms with Gasteiger partial charge in [0.25, 0.3) is 0 Å². The van der Waals surface area contributed by atoms with E-state index in [4.69, 9.17) is 4.74 Å². The fraction of sp³-hybridized carbons (Fsp3) is 0.611. The monoisotopic (exact) mass is 419 g/mol. The van der Waals surface area contributed by atoms with Crippen LogP contribution in [0.4, 0.5) is 8.78 Å². The number of amides is 1. The van der Waals surface area contributed by atoms with Crippen LogP contribution in [-0.2, 0) is 19.6 Å². The quantitative estimate of drug-likeness (QED) is 0.589. The van der Waals surface area contributed by atoms with E-state index in [0.29, 0.717) is 12.6 Å². The Bertz CT molecular complexity index is 766. The number of benzene rings is 1. The van der Waals surface area contributed by atoms with Crippen LogP contribution in [0.2, 0.25) is 0 Å². The molecule has 1 heterocycles. The molecule has 2 unspecified atom stereocenters. The fourth-order valence-corrected chi connectivity index (χ4v) is 4.16. The number of ether oxygens (including phenoxy) is 1. The van der Waals surface area contributed by atoms with Gasteiger partial charge in [-0.15, -0.1) is 0 Å². The van der Waals surface area contributed by atoms with Gasteiger partial charge in [0.15, 0.2) is 11.6 Å². The minimum atomic E-state index is -4.00. The third kappa shape index (κ3) is 7.08. The highest BCUT2D eigenvalue weighted by Gasteiger charge is 2.21. The minimum Gasteiger partial charge on any atom is -0.373 e. The van der Waals surface area contributed by atoms with Crippen LogP contribution in [0.25, 0.3) is 0 Å². The molecule has 0 aliphatic carbocycles. The summed E-state index contributed by atoms with van der Waals surface area (Å²) in [5.41, 5.74) is 0. The molecule has 1 aromatic rings. The lowest BCUT2D eigenvalue weighted by molar-refractivity contribution is -0.121. The molecule has 2 N–H and O–H groups in total. The van der Waals surface area contributed by atoms with Crippen LogP contribution in [0, 0.1) is 11.6 Å². The molecule has 28 heavy (non-hydrogen) atoms. The second kappa shape index (κ2) is 10.2. The van der Waals surface area contributed by atoms with Crippen LogP contribution >= 0.6 is 0 Å². The summed E-state index contributed by atoms with van der Waals surface area (Å²) >= 11 is 0. The zero-order valence-electron chi connectivity index (χ0n) is 16.1. The lowest BCUT2D eigenvalue weighted by atomic mass is 10.2. The van der Waals surface area contributed by atoms with E-state index < -0.39 is 21.7 Å². The van der Waals surface area contributed by atoms with Crippen molar-refractivity contribution in [2.24, 2.45) is 0 Å². The van der Waals surface area contributed by atoms with E-state index in [1.807, 2.05) is 13.8 Å². The van der Waals surface area contributed by atoms with Crippen LogP contribution in [0.1, 0.15) is 26.7 Å². The Morgan fingerprint density at radius 1 is 1.18 bits per heavy atom. The standard InChI is InChI=1S/C18H27F2N3O4S/c1-13-11-23(12-14(2)27-13)9-3-7-21-18(24)6-8-22-28(25,26)15-4-5-16(19)17(20)10-15/h4-5,10,13-14,22H,3,6-9,11-12H2,1-2H3,(H,21,24). The van der Waals surface area contributed by atoms with E-state index in [9.17, 15) is 22.0 Å². The molecule has 0 spiro atoms. The number of nitrogens with zero attached hydrogens (tertiary/aromatic N) is 1. The molecule has 1 aliphatic heterocycles. The van der Waals surface area contributed by atoms with E-state index >= 15 is 0 Å². The first kappa shape index (κ1) is 22.7. The summed E-state index contributed by atoms with van der Waals surface area (Å²) in [5.74, 6) is -2.65. The molecule has 158 valence electrons. The van der Waals surface area contributed by atoms with Gasteiger partial charge in [-0.3, -0.25) is 9.69 Å². The van der Waals surface area contributed by atoms with Crippen molar-refractivity contribution in [2.45, 2.75) is 43.8 Å². The molecule has 0 radical (unpaired) electrons. The van der Waals surface area contributed by atoms with Crippen LogP contribution in [-0.4, -0.2) is 64.2 Å². The van der Waals surface area contributed by atoms with Crippen molar-refractivity contribution in [1.82, 2.24) is 14.9 Å². The zero-order chi connectivity index (χ0) is 20.7. The number of hydrogen-bond donors (Lipinski definition) is 2. The van der Waals surface area contributed by atoms with Crippen molar-refractivity contribution >= 4 is 15.9 Å². The number of nitrogens with one attached hydrogen (secondary N) is 2. The van der Waals surface area contributed by atoms with Gasteiger partial charge in [0.2, 0.25) is 15.9 Å². The molecule has 1 aliphatic rings. The maximum Gasteiger partial charge on any atom is 0.240 e. The van der Waals surface area contributed by atoms with Gasteiger partial charge < -0.3 is 10.1 Å². The van der Waals surface area contributed by atoms with Crippen molar-refractivity contribution in [3.63, 3.8) is 0 Å².